The van der Waals surface area contributed by atoms with Crippen molar-refractivity contribution in [3.63, 3.8) is 0 Å². The van der Waals surface area contributed by atoms with Crippen LogP contribution in [0.25, 0.3) is 27.7 Å². The average molecular weight is 652 g/mol. The molecule has 0 spiro atoms. The molecule has 1 aliphatic rings. The number of benzene rings is 2. The van der Waals surface area contributed by atoms with Crippen molar-refractivity contribution in [2.75, 3.05) is 23.3 Å². The normalized spacial score (nSPS) is 14.0. The lowest BCUT2D eigenvalue weighted by molar-refractivity contribution is -0.121. The molecule has 48 heavy (non-hydrogen) atoms. The Labute approximate surface area is 276 Å². The van der Waals surface area contributed by atoms with Gasteiger partial charge in [0.05, 0.1) is 41.5 Å². The van der Waals surface area contributed by atoms with E-state index in [9.17, 15) is 19.5 Å². The van der Waals surface area contributed by atoms with Crippen LogP contribution in [0.4, 0.5) is 21.6 Å². The smallest absolute Gasteiger partial charge is 0.290 e. The predicted octanol–water partition coefficient (Wildman–Crippen LogP) is 5.02. The number of nitrogens with zero attached hydrogens (tertiary/aromatic N) is 6. The number of piperidine rings is 1. The standard InChI is InChI=1S/C36H38FN7O4/c1-21(46)22-11-13-43(14-12-22)25-9-10-32(38-19-25)40-30-17-29(41-42(5)34(30)47)26-7-6-8-31(27(26)20-45)44-35(48)33-23(18-39-44)15-24(16-28(33)37)36(2,3)4/h6-10,15-19,22,45H,11-14,20H2,1-5H3,(H,38,40). The average Bonchev–Trinajstić information content (AvgIpc) is 3.06. The minimum Gasteiger partial charge on any atom is -0.392 e. The summed E-state index contributed by atoms with van der Waals surface area (Å²) in [4.78, 5) is 45.2. The number of aryl methyl sites for hydroxylation is 1. The number of Topliss-reactive ketones (excluding diaryl/α,β-unsaturated/α-hetero) is 1. The van der Waals surface area contributed by atoms with E-state index in [2.05, 4.69) is 25.4 Å². The lowest BCUT2D eigenvalue weighted by atomic mass is 9.86. The van der Waals surface area contributed by atoms with Gasteiger partial charge >= 0.3 is 0 Å². The van der Waals surface area contributed by atoms with Crippen LogP contribution in [-0.4, -0.2) is 48.5 Å². The van der Waals surface area contributed by atoms with Crippen molar-refractivity contribution in [3.8, 4) is 16.9 Å². The van der Waals surface area contributed by atoms with E-state index in [1.807, 2.05) is 26.8 Å². The van der Waals surface area contributed by atoms with Gasteiger partial charge < -0.3 is 15.3 Å². The number of rotatable bonds is 7. The zero-order valence-electron chi connectivity index (χ0n) is 27.6. The molecule has 3 aromatic heterocycles. The van der Waals surface area contributed by atoms with Crippen molar-refractivity contribution in [1.29, 1.82) is 0 Å². The molecule has 4 heterocycles. The fourth-order valence-electron chi connectivity index (χ4n) is 6.18. The van der Waals surface area contributed by atoms with E-state index in [-0.39, 0.29) is 33.9 Å². The SMILES string of the molecule is CC(=O)C1CCN(c2ccc(Nc3cc(-c4cccc(-n5ncc6cc(C(C)(C)C)cc(F)c6c5=O)c4CO)nn(C)c3=O)nc2)CC1. The van der Waals surface area contributed by atoms with Gasteiger partial charge in [-0.15, -0.1) is 0 Å². The van der Waals surface area contributed by atoms with Gasteiger partial charge in [-0.2, -0.15) is 14.9 Å². The topological polar surface area (TPSA) is 135 Å². The van der Waals surface area contributed by atoms with E-state index in [4.69, 9.17) is 0 Å². The third-order valence-electron chi connectivity index (χ3n) is 9.03. The second-order valence-electron chi connectivity index (χ2n) is 13.3. The van der Waals surface area contributed by atoms with Crippen LogP contribution in [0.2, 0.25) is 0 Å². The first-order valence-electron chi connectivity index (χ1n) is 15.9. The maximum atomic E-state index is 15.4. The van der Waals surface area contributed by atoms with Gasteiger partial charge in [-0.05, 0) is 67.1 Å². The Hall–Kier alpha value is -5.23. The van der Waals surface area contributed by atoms with Gasteiger partial charge in [0.25, 0.3) is 11.1 Å². The summed E-state index contributed by atoms with van der Waals surface area (Å²) in [5.74, 6) is 0.142. The maximum absolute atomic E-state index is 15.4. The van der Waals surface area contributed by atoms with Gasteiger partial charge in [0.2, 0.25) is 0 Å². The van der Waals surface area contributed by atoms with Crippen LogP contribution in [0.1, 0.15) is 51.7 Å². The Kier molecular flexibility index (Phi) is 8.69. The van der Waals surface area contributed by atoms with Crippen LogP contribution >= 0.6 is 0 Å². The Bertz CT molecular complexity index is 2140. The van der Waals surface area contributed by atoms with Crippen LogP contribution in [0.5, 0.6) is 0 Å². The largest absolute Gasteiger partial charge is 0.392 e. The molecule has 2 aromatic carbocycles. The number of hydrogen-bond donors (Lipinski definition) is 2. The summed E-state index contributed by atoms with van der Waals surface area (Å²) < 4.78 is 17.6. The van der Waals surface area contributed by atoms with Crippen molar-refractivity contribution in [1.82, 2.24) is 24.5 Å². The van der Waals surface area contributed by atoms with Crippen molar-refractivity contribution in [2.24, 2.45) is 13.0 Å². The fraction of sp³-hybridized carbons (Fsp3) is 0.333. The molecule has 0 radical (unpaired) electrons. The zero-order valence-corrected chi connectivity index (χ0v) is 27.6. The number of halogens is 1. The van der Waals surface area contributed by atoms with Crippen LogP contribution in [0.15, 0.2) is 70.5 Å². The summed E-state index contributed by atoms with van der Waals surface area (Å²) in [6, 6.07) is 13.4. The van der Waals surface area contributed by atoms with Crippen LogP contribution in [0.3, 0.4) is 0 Å². The quantitative estimate of drug-likeness (QED) is 0.249. The molecule has 1 aliphatic heterocycles. The third kappa shape index (κ3) is 6.23. The molecule has 0 unspecified atom stereocenters. The first kappa shape index (κ1) is 32.7. The minimum atomic E-state index is -0.661. The second kappa shape index (κ2) is 12.8. The molecule has 2 N–H and O–H groups in total. The molecular formula is C36H38FN7O4. The number of aromatic nitrogens is 5. The van der Waals surface area contributed by atoms with Crippen molar-refractivity contribution in [3.05, 3.63) is 98.6 Å². The Morgan fingerprint density at radius 3 is 2.44 bits per heavy atom. The number of hydrogen-bond acceptors (Lipinski definition) is 9. The Balaban J connectivity index is 1.33. The number of fused-ring (bicyclic) bond motifs is 1. The molecular weight excluding hydrogens is 613 g/mol. The zero-order chi connectivity index (χ0) is 34.3. The summed E-state index contributed by atoms with van der Waals surface area (Å²) >= 11 is 0. The van der Waals surface area contributed by atoms with E-state index in [0.29, 0.717) is 28.0 Å². The predicted molar refractivity (Wildman–Crippen MR) is 184 cm³/mol. The fourth-order valence-corrected chi connectivity index (χ4v) is 6.18. The summed E-state index contributed by atoms with van der Waals surface area (Å²) in [5, 5.41) is 22.7. The molecule has 0 saturated carbocycles. The highest BCUT2D eigenvalue weighted by molar-refractivity contribution is 5.83. The highest BCUT2D eigenvalue weighted by Gasteiger charge is 2.24. The molecule has 0 aliphatic carbocycles. The lowest BCUT2D eigenvalue weighted by Crippen LogP contribution is -2.35. The molecule has 248 valence electrons. The van der Waals surface area contributed by atoms with Gasteiger partial charge in [-0.25, -0.2) is 14.1 Å². The van der Waals surface area contributed by atoms with Gasteiger partial charge in [0, 0.05) is 42.6 Å². The minimum absolute atomic E-state index is 0.0990. The summed E-state index contributed by atoms with van der Waals surface area (Å²) in [7, 11) is 1.52. The number of anilines is 3. The van der Waals surface area contributed by atoms with E-state index >= 15 is 4.39 Å². The van der Waals surface area contributed by atoms with Crippen LogP contribution in [-0.2, 0) is 23.9 Å². The summed E-state index contributed by atoms with van der Waals surface area (Å²) in [6.45, 7) is 8.59. The maximum Gasteiger partial charge on any atom is 0.290 e. The first-order valence-corrected chi connectivity index (χ1v) is 15.9. The molecule has 0 amide bonds. The van der Waals surface area contributed by atoms with E-state index in [1.165, 1.54) is 24.0 Å². The molecule has 6 rings (SSSR count). The summed E-state index contributed by atoms with van der Waals surface area (Å²) in [6.07, 6.45) is 4.80. The molecule has 5 aromatic rings. The van der Waals surface area contributed by atoms with Crippen LogP contribution < -0.4 is 21.3 Å². The number of ketones is 1. The molecule has 0 atom stereocenters. The van der Waals surface area contributed by atoms with E-state index in [0.717, 1.165) is 41.9 Å². The van der Waals surface area contributed by atoms with E-state index < -0.39 is 23.5 Å². The van der Waals surface area contributed by atoms with Gasteiger partial charge in [-0.3, -0.25) is 14.4 Å². The van der Waals surface area contributed by atoms with Crippen molar-refractivity contribution in [2.45, 2.75) is 52.6 Å². The van der Waals surface area contributed by atoms with Crippen molar-refractivity contribution >= 4 is 33.7 Å². The molecule has 11 nitrogen and oxygen atoms in total. The van der Waals surface area contributed by atoms with Gasteiger partial charge in [0.1, 0.15) is 23.1 Å². The Morgan fingerprint density at radius 2 is 1.79 bits per heavy atom. The molecule has 1 fully saturated rings. The monoisotopic (exact) mass is 651 g/mol. The number of pyridine rings is 1. The molecule has 0 bridgehead atoms. The Morgan fingerprint density at radius 1 is 1.04 bits per heavy atom. The number of aliphatic hydroxyl groups is 1. The highest BCUT2D eigenvalue weighted by Crippen LogP contribution is 2.30. The highest BCUT2D eigenvalue weighted by atomic mass is 19.1. The lowest BCUT2D eigenvalue weighted by Gasteiger charge is -2.32. The van der Waals surface area contributed by atoms with Crippen LogP contribution in [0, 0.1) is 11.7 Å². The number of nitrogens with one attached hydrogen (secondary N) is 1. The third-order valence-corrected chi connectivity index (χ3v) is 9.03. The number of carbonyl (C=O) groups excluding carboxylic acids is 1. The number of aliphatic hydroxyl groups excluding tert-OH is 1. The number of carbonyl (C=O) groups is 1. The second-order valence-corrected chi connectivity index (χ2v) is 13.3. The first-order chi connectivity index (χ1) is 22.8. The van der Waals surface area contributed by atoms with Crippen molar-refractivity contribution < 1.29 is 14.3 Å². The molecule has 1 saturated heterocycles. The van der Waals surface area contributed by atoms with E-state index in [1.54, 1.807) is 49.5 Å². The van der Waals surface area contributed by atoms with Gasteiger partial charge in [0.15, 0.2) is 0 Å². The summed E-state index contributed by atoms with van der Waals surface area (Å²) in [5.41, 5.74) is 1.90. The molecule has 12 heteroatoms. The van der Waals surface area contributed by atoms with Gasteiger partial charge in [-0.1, -0.05) is 32.9 Å².